The summed E-state index contributed by atoms with van der Waals surface area (Å²) in [5, 5.41) is 10.2. The van der Waals surface area contributed by atoms with Gasteiger partial charge in [-0.1, -0.05) is 28.5 Å². The van der Waals surface area contributed by atoms with Crippen molar-refractivity contribution in [2.24, 2.45) is 0 Å². The smallest absolute Gasteiger partial charge is 0.387 e. The van der Waals surface area contributed by atoms with Crippen molar-refractivity contribution in [3.05, 3.63) is 68.9 Å². The molecule has 186 valence electrons. The standard InChI is InChI=1S/C23H25F2N5O5/c1-14-16(28-35-27-14)12-26-22(32)21-17-7-8-29(9-10-30(17)20(31)11-19(21)33-2)13-15-5-3-4-6-18(15)34-23(24)25/h3-6,11,23H,7-10,12-13H2,1-2H3,(H,26,32). The molecule has 0 spiro atoms. The molecule has 3 aromatic rings. The number of nitrogens with one attached hydrogen (secondary N) is 1. The molecule has 4 rings (SSSR count). The number of fused-ring (bicyclic) bond motifs is 1. The van der Waals surface area contributed by atoms with Crippen molar-refractivity contribution in [3.63, 3.8) is 0 Å². The first-order valence-corrected chi connectivity index (χ1v) is 11.0. The number of methoxy groups -OCH3 is 1. The fraction of sp³-hybridized carbons (Fsp3) is 0.391. The van der Waals surface area contributed by atoms with Crippen molar-refractivity contribution >= 4 is 5.91 Å². The van der Waals surface area contributed by atoms with Gasteiger partial charge < -0.3 is 19.4 Å². The highest BCUT2D eigenvalue weighted by molar-refractivity contribution is 5.98. The number of carbonyl (C=O) groups is 1. The lowest BCUT2D eigenvalue weighted by Crippen LogP contribution is -2.31. The Morgan fingerprint density at radius 2 is 2.00 bits per heavy atom. The van der Waals surface area contributed by atoms with Crippen LogP contribution in [-0.4, -0.2) is 52.5 Å². The number of carbonyl (C=O) groups excluding carboxylic acids is 1. The monoisotopic (exact) mass is 489 g/mol. The van der Waals surface area contributed by atoms with Gasteiger partial charge in [0.15, 0.2) is 0 Å². The minimum absolute atomic E-state index is 0.100. The molecule has 0 saturated heterocycles. The Kier molecular flexibility index (Phi) is 7.39. The van der Waals surface area contributed by atoms with E-state index < -0.39 is 12.5 Å². The zero-order chi connectivity index (χ0) is 24.9. The number of hydrogen-bond donors (Lipinski definition) is 1. The first-order valence-electron chi connectivity index (χ1n) is 11.0. The molecule has 0 unspecified atom stereocenters. The summed E-state index contributed by atoms with van der Waals surface area (Å²) in [6, 6.07) is 7.91. The van der Waals surface area contributed by atoms with Gasteiger partial charge in [0.05, 0.1) is 13.7 Å². The number of para-hydroxylation sites is 1. The number of nitrogens with zero attached hydrogens (tertiary/aromatic N) is 4. The third-order valence-corrected chi connectivity index (χ3v) is 5.88. The Morgan fingerprint density at radius 3 is 2.71 bits per heavy atom. The molecule has 35 heavy (non-hydrogen) atoms. The second-order valence-electron chi connectivity index (χ2n) is 8.02. The molecule has 0 bridgehead atoms. The van der Waals surface area contributed by atoms with Crippen molar-refractivity contribution in [1.29, 1.82) is 0 Å². The summed E-state index contributed by atoms with van der Waals surface area (Å²) in [6.45, 7) is 0.531. The molecule has 10 nitrogen and oxygen atoms in total. The number of hydrogen-bond acceptors (Lipinski definition) is 8. The van der Waals surface area contributed by atoms with Crippen molar-refractivity contribution in [1.82, 2.24) is 25.1 Å². The van der Waals surface area contributed by atoms with E-state index in [2.05, 4.69) is 25.0 Å². The SMILES string of the molecule is COc1cc(=O)n2c(c1C(=O)NCc1nonc1C)CCN(Cc1ccccc1OC(F)F)CC2. The molecule has 0 saturated carbocycles. The second kappa shape index (κ2) is 10.6. The van der Waals surface area contributed by atoms with Crippen LogP contribution < -0.4 is 20.3 Å². The van der Waals surface area contributed by atoms with Crippen LogP contribution in [0.4, 0.5) is 8.78 Å². The van der Waals surface area contributed by atoms with Crippen LogP contribution >= 0.6 is 0 Å². The van der Waals surface area contributed by atoms with Crippen LogP contribution in [0, 0.1) is 6.92 Å². The quantitative estimate of drug-likeness (QED) is 0.512. The van der Waals surface area contributed by atoms with Crippen LogP contribution in [0.2, 0.25) is 0 Å². The van der Waals surface area contributed by atoms with Crippen LogP contribution in [0.5, 0.6) is 11.5 Å². The number of pyridine rings is 1. The average Bonchev–Trinajstić information content (AvgIpc) is 3.12. The number of halogens is 2. The summed E-state index contributed by atoms with van der Waals surface area (Å²) in [7, 11) is 1.40. The van der Waals surface area contributed by atoms with E-state index in [4.69, 9.17) is 4.74 Å². The molecule has 0 atom stereocenters. The number of alkyl halides is 2. The van der Waals surface area contributed by atoms with E-state index in [1.165, 1.54) is 19.2 Å². The van der Waals surface area contributed by atoms with Gasteiger partial charge in [0.2, 0.25) is 0 Å². The number of aryl methyl sites for hydroxylation is 1. The Morgan fingerprint density at radius 1 is 1.20 bits per heavy atom. The van der Waals surface area contributed by atoms with Gasteiger partial charge in [0, 0.05) is 49.9 Å². The average molecular weight is 489 g/mol. The van der Waals surface area contributed by atoms with E-state index in [0.29, 0.717) is 55.2 Å². The molecule has 0 fully saturated rings. The summed E-state index contributed by atoms with van der Waals surface area (Å²) >= 11 is 0. The van der Waals surface area contributed by atoms with E-state index in [-0.39, 0.29) is 29.2 Å². The molecular weight excluding hydrogens is 464 g/mol. The van der Waals surface area contributed by atoms with Crippen LogP contribution in [-0.2, 0) is 26.1 Å². The number of rotatable bonds is 8. The van der Waals surface area contributed by atoms with Gasteiger partial charge in [-0.05, 0) is 13.0 Å². The summed E-state index contributed by atoms with van der Waals surface area (Å²) in [4.78, 5) is 28.0. The maximum absolute atomic E-state index is 13.2. The van der Waals surface area contributed by atoms with E-state index in [0.717, 1.165) is 0 Å². The Bertz CT molecular complexity index is 1260. The molecule has 1 amide bonds. The number of amides is 1. The number of aromatic nitrogens is 3. The van der Waals surface area contributed by atoms with Gasteiger partial charge in [-0.2, -0.15) is 8.78 Å². The molecule has 1 aliphatic heterocycles. The minimum atomic E-state index is -2.92. The zero-order valence-electron chi connectivity index (χ0n) is 19.3. The Labute approximate surface area is 199 Å². The summed E-state index contributed by atoms with van der Waals surface area (Å²) < 4.78 is 41.8. The maximum atomic E-state index is 13.2. The van der Waals surface area contributed by atoms with E-state index in [9.17, 15) is 18.4 Å². The maximum Gasteiger partial charge on any atom is 0.387 e. The molecule has 12 heteroatoms. The van der Waals surface area contributed by atoms with Gasteiger partial charge in [-0.3, -0.25) is 14.5 Å². The fourth-order valence-corrected chi connectivity index (χ4v) is 4.11. The van der Waals surface area contributed by atoms with Crippen LogP contribution in [0.25, 0.3) is 0 Å². The van der Waals surface area contributed by atoms with Crippen molar-refractivity contribution < 1.29 is 27.7 Å². The lowest BCUT2D eigenvalue weighted by atomic mass is 10.1. The van der Waals surface area contributed by atoms with Crippen molar-refractivity contribution in [2.45, 2.75) is 39.6 Å². The third-order valence-electron chi connectivity index (χ3n) is 5.88. The van der Waals surface area contributed by atoms with E-state index in [1.807, 2.05) is 4.90 Å². The minimum Gasteiger partial charge on any atom is -0.496 e. The normalized spacial score (nSPS) is 13.9. The summed E-state index contributed by atoms with van der Waals surface area (Å²) in [6.07, 6.45) is 0.373. The number of ether oxygens (including phenoxy) is 2. The predicted molar refractivity (Wildman–Crippen MR) is 120 cm³/mol. The molecule has 0 radical (unpaired) electrons. The zero-order valence-corrected chi connectivity index (χ0v) is 19.3. The lowest BCUT2D eigenvalue weighted by molar-refractivity contribution is -0.0507. The topological polar surface area (TPSA) is 112 Å². The van der Waals surface area contributed by atoms with Crippen LogP contribution in [0.1, 0.15) is 33.0 Å². The molecule has 3 heterocycles. The highest BCUT2D eigenvalue weighted by Gasteiger charge is 2.26. The molecule has 0 aliphatic carbocycles. The molecule has 1 aromatic carbocycles. The number of benzene rings is 1. The van der Waals surface area contributed by atoms with E-state index >= 15 is 0 Å². The predicted octanol–water partition coefficient (Wildman–Crippen LogP) is 2.14. The second-order valence-corrected chi connectivity index (χ2v) is 8.02. The highest BCUT2D eigenvalue weighted by atomic mass is 19.3. The molecular formula is C23H25F2N5O5. The first-order chi connectivity index (χ1) is 16.9. The molecule has 1 aliphatic rings. The summed E-state index contributed by atoms with van der Waals surface area (Å²) in [5.74, 6) is -0.129. The molecule has 2 aromatic heterocycles. The van der Waals surface area contributed by atoms with Crippen LogP contribution in [0.3, 0.4) is 0 Å². The van der Waals surface area contributed by atoms with Gasteiger partial charge >= 0.3 is 6.61 Å². The van der Waals surface area contributed by atoms with E-state index in [1.54, 1.807) is 29.7 Å². The summed E-state index contributed by atoms with van der Waals surface area (Å²) in [5.41, 5.74) is 2.19. The van der Waals surface area contributed by atoms with Gasteiger partial charge in [0.25, 0.3) is 11.5 Å². The lowest BCUT2D eigenvalue weighted by Gasteiger charge is -2.21. The first kappa shape index (κ1) is 24.3. The molecule has 1 N–H and O–H groups in total. The van der Waals surface area contributed by atoms with Crippen LogP contribution in [0.15, 0.2) is 39.8 Å². The third kappa shape index (κ3) is 5.48. The van der Waals surface area contributed by atoms with Gasteiger partial charge in [-0.25, -0.2) is 4.63 Å². The van der Waals surface area contributed by atoms with Crippen molar-refractivity contribution in [2.75, 3.05) is 20.2 Å². The Balaban J connectivity index is 1.56. The largest absolute Gasteiger partial charge is 0.496 e. The van der Waals surface area contributed by atoms with Gasteiger partial charge in [0.1, 0.15) is 28.5 Å². The Hall–Kier alpha value is -3.80. The van der Waals surface area contributed by atoms with Gasteiger partial charge in [-0.15, -0.1) is 0 Å². The fourth-order valence-electron chi connectivity index (χ4n) is 4.11. The highest BCUT2D eigenvalue weighted by Crippen LogP contribution is 2.25. The van der Waals surface area contributed by atoms with Crippen molar-refractivity contribution in [3.8, 4) is 11.5 Å².